The Morgan fingerprint density at radius 2 is 0.913 bits per heavy atom. The second-order valence-electron chi connectivity index (χ2n) is 37.1. The maximum Gasteiger partial charge on any atom is 0.530 e. The highest BCUT2D eigenvalue weighted by atomic mass is 31.2. The van der Waals surface area contributed by atoms with Crippen molar-refractivity contribution in [2.24, 2.45) is 32.1 Å². The number of amides is 3. The second-order valence-corrected chi connectivity index (χ2v) is 42.2. The van der Waals surface area contributed by atoms with E-state index in [-0.39, 0.29) is 54.0 Å². The number of aromatic nitrogens is 2. The fourth-order valence-corrected chi connectivity index (χ4v) is 22.0. The third kappa shape index (κ3) is 29.8. The Hall–Kier alpha value is -12.1. The molecule has 820 valence electrons. The van der Waals surface area contributed by atoms with Crippen LogP contribution in [0.1, 0.15) is 148 Å². The molecule has 3 aromatic rings. The summed E-state index contributed by atoms with van der Waals surface area (Å²) in [5.41, 5.74) is 32.7. The number of ether oxygens (including phenoxy) is 8. The smallest absolute Gasteiger partial charge is 0.461 e. The number of nitrogens with two attached hydrogens (primary N) is 1. The molecule has 11 aliphatic rings. The molecule has 14 rings (SSSR count). The maximum absolute atomic E-state index is 15.5. The topological polar surface area (TPSA) is 739 Å². The summed E-state index contributed by atoms with van der Waals surface area (Å²) < 4.78 is 181. The van der Waals surface area contributed by atoms with Gasteiger partial charge in [0, 0.05) is 74.3 Å². The van der Waals surface area contributed by atoms with Crippen LogP contribution in [0.15, 0.2) is 165 Å². The number of azide groups is 4. The van der Waals surface area contributed by atoms with Crippen LogP contribution in [0, 0.1) is 12.8 Å². The zero-order valence-electron chi connectivity index (χ0n) is 82.4. The van der Waals surface area contributed by atoms with Crippen molar-refractivity contribution < 1.29 is 150 Å². The van der Waals surface area contributed by atoms with Crippen molar-refractivity contribution in [3.8, 4) is 11.5 Å². The van der Waals surface area contributed by atoms with Crippen LogP contribution in [0.3, 0.4) is 0 Å². The van der Waals surface area contributed by atoms with Crippen LogP contribution in [0.2, 0.25) is 0 Å². The number of hydrogen-bond acceptors (Lipinski definition) is 38. The van der Waals surface area contributed by atoms with Crippen LogP contribution in [-0.4, -0.2) is 272 Å². The van der Waals surface area contributed by atoms with Crippen molar-refractivity contribution >= 4 is 64.8 Å². The number of hydrogen-bond donors (Lipinski definition) is 12. The normalized spacial score (nSPS) is 29.8. The van der Waals surface area contributed by atoms with E-state index in [1.54, 1.807) is 57.2 Å². The van der Waals surface area contributed by atoms with Crippen LogP contribution in [0.25, 0.3) is 41.8 Å². The Morgan fingerprint density at radius 1 is 0.533 bits per heavy atom. The van der Waals surface area contributed by atoms with Crippen LogP contribution in [-0.2, 0) is 110 Å². The average molecular weight is 2180 g/mol. The molecular weight excluding hydrogens is 2050 g/mol. The molecule has 13 N–H and O–H groups in total. The van der Waals surface area contributed by atoms with Crippen molar-refractivity contribution in [2.75, 3.05) is 52.6 Å². The minimum Gasteiger partial charge on any atom is -0.461 e. The Morgan fingerprint density at radius 3 is 1.31 bits per heavy atom. The van der Waals surface area contributed by atoms with Gasteiger partial charge in [0.05, 0.1) is 52.6 Å². The van der Waals surface area contributed by atoms with Gasteiger partial charge in [0.2, 0.25) is 0 Å². The van der Waals surface area contributed by atoms with Gasteiger partial charge in [-0.15, -0.1) is 0 Å². The average Bonchev–Trinajstić information content (AvgIpc) is 1.37. The lowest BCUT2D eigenvalue weighted by atomic mass is 9.96. The SMILES string of the molecule is C=C1NC(=O)C=CN1[C@@H]1O[C@](CN=[N+]=[N-])(COC(=O)C(N)C(C)C)[C@@H](O)[C@H]1F.C=C1NC(=O)C=CN1[C@@H]1O[C@](CN=[N+]=[N-])(COP(=O)(NC(C)C(=O)OC2CCCCC2)Oc2ccccc2)[C@@H](O)[C@H]1F.C=C1NC(=O)C=CN1[C@@H]1O[C@](CN=[N+]=[N-])(COP2(=O)OCc3cccc(C)c3O2)[C@@H](O)[C@H]1F.CC(NP(=O)(NC(C)C(=O)OC1CCCCC1)OC[C@@]1(CN=[N+]=[N-])O[C@@H](n2ccc(=O)[nH]c2=O)[C@H](F)[C@@H]1O)C(=O)OC1CCCCC1. The summed E-state index contributed by atoms with van der Waals surface area (Å²) in [6.07, 6.45) is -2.20. The Labute approximate surface area is 855 Å². The van der Waals surface area contributed by atoms with Gasteiger partial charge in [-0.3, -0.25) is 66.0 Å². The number of rotatable bonds is 39. The summed E-state index contributed by atoms with van der Waals surface area (Å²) in [6, 6.07) is 9.72. The highest BCUT2D eigenvalue weighted by molar-refractivity contribution is 7.54. The maximum atomic E-state index is 15.5. The number of phosphoric acid groups is 1. The first-order chi connectivity index (χ1) is 71.2. The summed E-state index contributed by atoms with van der Waals surface area (Å²) in [5, 5.41) is 71.6. The first kappa shape index (κ1) is 118. The first-order valence-corrected chi connectivity index (χ1v) is 52.4. The fraction of sp³-hybridized carbons (Fsp3) is 0.607. The monoisotopic (exact) mass is 2170 g/mol. The quantitative estimate of drug-likeness (QED) is 0.00482. The molecule has 1 aromatic heterocycles. The molecular formula is C89H121F4N24O30P3. The molecule has 7 fully saturated rings. The van der Waals surface area contributed by atoms with E-state index >= 15 is 13.2 Å². The number of carbonyl (C=O) groups is 7. The van der Waals surface area contributed by atoms with Crippen LogP contribution in [0.5, 0.6) is 11.5 Å². The van der Waals surface area contributed by atoms with E-state index < -0.39 is 249 Å². The van der Waals surface area contributed by atoms with Crippen molar-refractivity contribution in [3.05, 3.63) is 209 Å². The van der Waals surface area contributed by atoms with Crippen molar-refractivity contribution in [2.45, 2.75) is 283 Å². The third-order valence-electron chi connectivity index (χ3n) is 25.7. The van der Waals surface area contributed by atoms with Crippen molar-refractivity contribution in [1.82, 2.24) is 55.5 Å². The van der Waals surface area contributed by atoms with Gasteiger partial charge in [0.15, 0.2) is 49.6 Å². The molecule has 8 aliphatic heterocycles. The number of benzene rings is 2. The Balaban J connectivity index is 0.000000193. The zero-order valence-corrected chi connectivity index (χ0v) is 85.0. The molecule has 2 aromatic carbocycles. The molecule has 150 heavy (non-hydrogen) atoms. The first-order valence-electron chi connectivity index (χ1n) is 47.7. The molecule has 0 bridgehead atoms. The number of phosphoric ester groups is 1. The lowest BCUT2D eigenvalue weighted by molar-refractivity contribution is -0.168. The molecule has 3 saturated carbocycles. The van der Waals surface area contributed by atoms with Crippen LogP contribution in [0.4, 0.5) is 17.6 Å². The largest absolute Gasteiger partial charge is 0.530 e. The highest BCUT2D eigenvalue weighted by Gasteiger charge is 2.63. The molecule has 3 amide bonds. The number of aromatic amines is 1. The number of esters is 4. The molecule has 0 spiro atoms. The lowest BCUT2D eigenvalue weighted by Crippen LogP contribution is -2.50. The minimum absolute atomic E-state index is 0.0154. The number of fused-ring (bicyclic) bond motifs is 1. The molecule has 4 saturated heterocycles. The molecule has 0 radical (unpaired) electrons. The number of para-hydroxylation sites is 2. The van der Waals surface area contributed by atoms with E-state index in [0.29, 0.717) is 47.1 Å². The lowest BCUT2D eigenvalue weighted by Gasteiger charge is -2.34. The van der Waals surface area contributed by atoms with Crippen molar-refractivity contribution in [3.63, 3.8) is 0 Å². The number of carbonyl (C=O) groups excluding carboxylic acids is 7. The number of halogens is 4. The summed E-state index contributed by atoms with van der Waals surface area (Å²) in [6.45, 7) is 14.9. The van der Waals surface area contributed by atoms with Gasteiger partial charge in [-0.05, 0) is 150 Å². The molecule has 61 heteroatoms. The number of alkyl halides is 4. The van der Waals surface area contributed by atoms with Gasteiger partial charge in [-0.1, -0.05) is 110 Å². The predicted octanol–water partition coefficient (Wildman–Crippen LogP) is 8.80. The van der Waals surface area contributed by atoms with Gasteiger partial charge >= 0.3 is 52.8 Å². The number of aryl methyl sites for hydroxylation is 1. The van der Waals surface area contributed by atoms with E-state index in [2.05, 4.69) is 91.1 Å². The Kier molecular flexibility index (Phi) is 41.5. The van der Waals surface area contributed by atoms with E-state index in [1.165, 1.54) is 61.3 Å². The number of nitrogens with one attached hydrogen (secondary N) is 7. The molecule has 9 heterocycles. The van der Waals surface area contributed by atoms with Gasteiger partial charge in [0.1, 0.15) is 125 Å². The second kappa shape index (κ2) is 52.7. The molecule has 54 nitrogen and oxygen atoms in total. The number of aliphatic hydroxyl groups excluding tert-OH is 4. The fourth-order valence-electron chi connectivity index (χ4n) is 17.2. The van der Waals surface area contributed by atoms with Gasteiger partial charge < -0.3 is 108 Å². The molecule has 6 unspecified atom stereocenters. The van der Waals surface area contributed by atoms with E-state index in [4.69, 9.17) is 92.9 Å². The predicted molar refractivity (Wildman–Crippen MR) is 516 cm³/mol. The molecule has 3 aliphatic carbocycles. The van der Waals surface area contributed by atoms with Gasteiger partial charge in [-0.2, -0.15) is 5.09 Å². The highest BCUT2D eigenvalue weighted by Crippen LogP contribution is 2.57. The summed E-state index contributed by atoms with van der Waals surface area (Å²) in [5.74, 6) is -3.98. The van der Waals surface area contributed by atoms with Gasteiger partial charge in [0.25, 0.3) is 23.3 Å². The Bertz CT molecular complexity index is 5900. The van der Waals surface area contributed by atoms with Crippen molar-refractivity contribution in [1.29, 1.82) is 0 Å². The summed E-state index contributed by atoms with van der Waals surface area (Å²) in [7, 11) is -13.1. The minimum atomic E-state index is -4.49. The zero-order chi connectivity index (χ0) is 109. The van der Waals surface area contributed by atoms with E-state index in [9.17, 15) is 81.7 Å². The number of H-pyrrole nitrogens is 1. The molecule has 22 atom stereocenters. The number of aliphatic hydroxyl groups is 4. The summed E-state index contributed by atoms with van der Waals surface area (Å²) in [4.78, 5) is 125. The van der Waals surface area contributed by atoms with Crippen LogP contribution < -0.4 is 57.2 Å². The number of nitrogens with zero attached hydrogens (tertiary/aromatic N) is 16. The van der Waals surface area contributed by atoms with Gasteiger partial charge in [-0.25, -0.2) is 41.7 Å². The van der Waals surface area contributed by atoms with Crippen LogP contribution >= 0.6 is 23.2 Å². The standard InChI is InChI=1S/C28H43FN7O10P.C26H34FN6O8P.C19H21FN5O7P.C16H23FN6O5/c1-17(25(39)44-19-9-5-3-6-10-19)33-47(42,34-18(2)26(40)45-20-11-7-4-8-12-20)43-16-28(15-31-35-30)23(38)22(29)24(46-28)36-14-13-21(37)32-27(36)41;1-17(25(36)39-19-9-5-3-6-10-19)31-42(37,41-20-11-7-4-8-12-20)38-16-26(15-29-32-28)23(35)22(27)24(40-26)33-14-13-21(34)30-18(33)2;1-11-4-3-5-13-8-29-33(28,32-16(11)13)30-10-19(9-22-24-21)17(27)15(20)18(31-19)25-7-6-14(26)23-12(25)2;1-8(2)12(18)15(26)27-7-16(6-20-22-19)13(25)11(17)14(28-16)23-5-4-10(24)21-9(23)3/h13-14,17-20,22-24,38H,3-12,15-16H2,1-2H3,(H,32,37,41)(H2,33,34,42);4,7-8,11-14,17,19,22-24,35H,2-3,5-6,9-10,15-16H2,1H3,(H,30,34)(H,31,37);3-7,15,17-18,27H,2,8-10H2,1H3,(H,23,26);4-5,8,11-14,25H,3,6-7,18H2,1-2H3,(H,21,24)/t17?,18?,22-,23+,24-,28-,47?;17?,22-,23+,24-,26-,42?;15-,17+,18-,19-,33?;11-,12?,13+,14-,16-/m1111/s1. The summed E-state index contributed by atoms with van der Waals surface area (Å²) >= 11 is 0. The third-order valence-corrected chi connectivity index (χ3v) is 30.6. The van der Waals surface area contributed by atoms with E-state index in [0.717, 1.165) is 106 Å². The van der Waals surface area contributed by atoms with E-state index in [1.807, 2.05) is 4.98 Å².